The first-order valence-electron chi connectivity index (χ1n) is 13.7. The highest BCUT2D eigenvalue weighted by Gasteiger charge is 2.18. The molecule has 1 aromatic carbocycles. The summed E-state index contributed by atoms with van der Waals surface area (Å²) in [6, 6.07) is 17.0. The number of amides is 1. The van der Waals surface area contributed by atoms with Gasteiger partial charge in [-0.05, 0) is 81.8 Å². The normalized spacial score (nSPS) is 13.9. The van der Waals surface area contributed by atoms with E-state index in [-0.39, 0.29) is 60.8 Å². The number of halogens is 1. The molecule has 43 heavy (non-hydrogen) atoms. The Bertz CT molecular complexity index is 1260. The van der Waals surface area contributed by atoms with Crippen LogP contribution in [-0.4, -0.2) is 47.8 Å². The molecule has 2 aliphatic rings. The number of nitrogens with one attached hydrogen (secondary N) is 2. The van der Waals surface area contributed by atoms with Crippen molar-refractivity contribution in [2.75, 3.05) is 46.6 Å². The number of benzene rings is 1. The van der Waals surface area contributed by atoms with Crippen LogP contribution in [0.4, 0.5) is 28.8 Å². The van der Waals surface area contributed by atoms with Crippen molar-refractivity contribution in [1.82, 2.24) is 34.6 Å². The van der Waals surface area contributed by atoms with Gasteiger partial charge in [-0.1, -0.05) is 6.07 Å². The average molecular weight is 625 g/mol. The molecule has 246 valence electrons. The molecule has 5 rings (SSSR count). The smallest absolute Gasteiger partial charge is 0.233 e. The first kappa shape index (κ1) is 39.2. The quantitative estimate of drug-likeness (QED) is 0.104. The van der Waals surface area contributed by atoms with E-state index in [1.54, 1.807) is 18.2 Å². The van der Waals surface area contributed by atoms with Crippen LogP contribution in [0, 0.1) is 6.92 Å². The van der Waals surface area contributed by atoms with Crippen LogP contribution in [0.3, 0.4) is 0 Å². The van der Waals surface area contributed by atoms with Crippen molar-refractivity contribution in [2.24, 2.45) is 0 Å². The summed E-state index contributed by atoms with van der Waals surface area (Å²) in [4.78, 5) is 39.1. The SMILES string of the molecule is Cc1cccc(NC(=O)CC(=O)c2ccc(Nc3cc(N4CCCCC4)cc(N4CCCCC4)n3)cc2)n1.Cl.N.N.N.N.[HH].[HH].[HH].[HH]. The maximum atomic E-state index is 12.7. The molecule has 0 bridgehead atoms. The molecule has 3 aromatic rings. The number of carbonyl (C=O) groups is 2. The van der Waals surface area contributed by atoms with Crippen molar-refractivity contribution in [1.29, 1.82) is 0 Å². The number of hydrogen-bond donors (Lipinski definition) is 6. The second-order valence-corrected chi connectivity index (χ2v) is 10.2. The zero-order valence-electron chi connectivity index (χ0n) is 25.3. The molecule has 0 saturated carbocycles. The van der Waals surface area contributed by atoms with E-state index in [2.05, 4.69) is 37.6 Å². The summed E-state index contributed by atoms with van der Waals surface area (Å²) >= 11 is 0. The minimum Gasteiger partial charge on any atom is -0.371 e. The Hall–Kier alpha value is -3.81. The fourth-order valence-electron chi connectivity index (χ4n) is 5.12. The number of nitrogens with zero attached hydrogens (tertiary/aromatic N) is 4. The summed E-state index contributed by atoms with van der Waals surface area (Å²) in [5.41, 5.74) is 3.36. The third-order valence-corrected chi connectivity index (χ3v) is 7.15. The monoisotopic (exact) mass is 624 g/mol. The van der Waals surface area contributed by atoms with Crippen molar-refractivity contribution in [3.8, 4) is 0 Å². The second-order valence-electron chi connectivity index (χ2n) is 10.2. The Balaban J connectivity index is -0.000000653. The van der Waals surface area contributed by atoms with Gasteiger partial charge in [-0.2, -0.15) is 0 Å². The van der Waals surface area contributed by atoms with E-state index in [1.165, 1.54) is 44.2 Å². The van der Waals surface area contributed by atoms with Crippen molar-refractivity contribution in [3.63, 3.8) is 0 Å². The van der Waals surface area contributed by atoms with Crippen molar-refractivity contribution in [3.05, 3.63) is 65.9 Å². The van der Waals surface area contributed by atoms with Crippen LogP contribution in [0.2, 0.25) is 0 Å². The summed E-state index contributed by atoms with van der Waals surface area (Å²) in [7, 11) is 0. The predicted octanol–water partition coefficient (Wildman–Crippen LogP) is 7.77. The minimum absolute atomic E-state index is 0. The predicted molar refractivity (Wildman–Crippen MR) is 188 cm³/mol. The topological polar surface area (TPSA) is 230 Å². The Morgan fingerprint density at radius 1 is 0.767 bits per heavy atom. The Kier molecular flexibility index (Phi) is 17.0. The lowest BCUT2D eigenvalue weighted by Crippen LogP contribution is -2.32. The molecule has 2 aliphatic heterocycles. The number of pyridine rings is 2. The fourth-order valence-corrected chi connectivity index (χ4v) is 5.12. The fraction of sp³-hybridized carbons (Fsp3) is 0.400. The van der Waals surface area contributed by atoms with E-state index in [9.17, 15) is 9.59 Å². The summed E-state index contributed by atoms with van der Waals surface area (Å²) in [5.74, 6) is 1.66. The summed E-state index contributed by atoms with van der Waals surface area (Å²) < 4.78 is 0. The van der Waals surface area contributed by atoms with E-state index in [1.807, 2.05) is 31.2 Å². The average Bonchev–Trinajstić information content (AvgIpc) is 2.94. The van der Waals surface area contributed by atoms with Crippen LogP contribution in [0.1, 0.15) is 66.7 Å². The molecule has 0 radical (unpaired) electrons. The molecule has 14 N–H and O–H groups in total. The van der Waals surface area contributed by atoms with Crippen molar-refractivity contribution in [2.45, 2.75) is 51.9 Å². The van der Waals surface area contributed by atoms with Crippen LogP contribution in [-0.2, 0) is 4.79 Å². The van der Waals surface area contributed by atoms with Crippen molar-refractivity contribution < 1.29 is 15.3 Å². The third kappa shape index (κ3) is 10.8. The lowest BCUT2D eigenvalue weighted by Gasteiger charge is -2.32. The number of aryl methyl sites for hydroxylation is 1. The Morgan fingerprint density at radius 2 is 1.37 bits per heavy atom. The molecule has 13 heteroatoms. The van der Waals surface area contributed by atoms with Crippen LogP contribution in [0.5, 0.6) is 0 Å². The standard InChI is InChI=1S/C30H36N6O2.ClH.4H3N.4H2/c1-22-9-8-10-27(31-22)34-30(38)21-26(37)23-11-13-24(14-12-23)32-28-19-25(35-15-4-2-5-16-35)20-29(33-28)36-17-6-3-7-18-36;;;;;;;;;/h8-14,19-20H,2-7,15-18,21H2,1H3,(H,32,33)(H,31,34,38);1H;4*1H3;4*1H. The molecule has 12 nitrogen and oxygen atoms in total. The molecule has 2 aromatic heterocycles. The first-order valence-corrected chi connectivity index (χ1v) is 13.7. The molecule has 4 heterocycles. The number of piperidine rings is 2. The van der Waals surface area contributed by atoms with Gasteiger partial charge in [0.25, 0.3) is 0 Å². The van der Waals surface area contributed by atoms with Crippen LogP contribution >= 0.6 is 12.4 Å². The van der Waals surface area contributed by atoms with E-state index < -0.39 is 0 Å². The summed E-state index contributed by atoms with van der Waals surface area (Å²) in [6.45, 7) is 6.09. The number of hydrogen-bond acceptors (Lipinski definition) is 11. The highest BCUT2D eigenvalue weighted by atomic mass is 35.5. The number of anilines is 5. The highest BCUT2D eigenvalue weighted by molar-refractivity contribution is 6.10. The zero-order chi connectivity index (χ0) is 26.3. The van der Waals surface area contributed by atoms with E-state index in [0.29, 0.717) is 11.4 Å². The largest absolute Gasteiger partial charge is 0.371 e. The molecule has 1 amide bonds. The number of aromatic nitrogens is 2. The van der Waals surface area contributed by atoms with Gasteiger partial charge in [-0.3, -0.25) is 9.59 Å². The van der Waals surface area contributed by atoms with Gasteiger partial charge < -0.3 is 45.0 Å². The summed E-state index contributed by atoms with van der Waals surface area (Å²) in [6.07, 6.45) is 7.18. The van der Waals surface area contributed by atoms with E-state index in [4.69, 9.17) is 4.98 Å². The van der Waals surface area contributed by atoms with Crippen LogP contribution < -0.4 is 45.0 Å². The molecular formula is C30H57ClN10O2. The summed E-state index contributed by atoms with van der Waals surface area (Å²) in [5, 5.41) is 6.14. The van der Waals surface area contributed by atoms with Gasteiger partial charge in [0.2, 0.25) is 5.91 Å². The third-order valence-electron chi connectivity index (χ3n) is 7.15. The zero-order valence-corrected chi connectivity index (χ0v) is 26.1. The van der Waals surface area contributed by atoms with Gasteiger partial charge in [0.1, 0.15) is 17.5 Å². The number of Topliss-reactive ketones (excluding diaryl/α,β-unsaturated/α-hetero) is 1. The molecule has 0 atom stereocenters. The number of rotatable bonds is 8. The van der Waals surface area contributed by atoms with Gasteiger partial charge in [-0.15, -0.1) is 12.4 Å². The maximum absolute atomic E-state index is 12.7. The van der Waals surface area contributed by atoms with Crippen LogP contribution in [0.25, 0.3) is 0 Å². The highest BCUT2D eigenvalue weighted by Crippen LogP contribution is 2.30. The van der Waals surface area contributed by atoms with Gasteiger partial charge in [0.05, 0.1) is 6.42 Å². The van der Waals surface area contributed by atoms with Gasteiger partial charge in [0.15, 0.2) is 5.78 Å². The lowest BCUT2D eigenvalue weighted by atomic mass is 10.1. The lowest BCUT2D eigenvalue weighted by molar-refractivity contribution is -0.115. The molecule has 0 spiro atoms. The molecular weight excluding hydrogens is 568 g/mol. The van der Waals surface area contributed by atoms with Crippen LogP contribution in [0.15, 0.2) is 54.6 Å². The maximum Gasteiger partial charge on any atom is 0.233 e. The minimum atomic E-state index is -0.376. The number of ketones is 1. The molecule has 0 aliphatic carbocycles. The van der Waals surface area contributed by atoms with E-state index >= 15 is 0 Å². The molecule has 2 saturated heterocycles. The van der Waals surface area contributed by atoms with Crippen molar-refractivity contribution >= 4 is 52.9 Å². The van der Waals surface area contributed by atoms with E-state index in [0.717, 1.165) is 49.2 Å². The Morgan fingerprint density at radius 3 is 1.98 bits per heavy atom. The molecule has 2 fully saturated rings. The van der Waals surface area contributed by atoms with Gasteiger partial charge in [-0.25, -0.2) is 9.97 Å². The van der Waals surface area contributed by atoms with Gasteiger partial charge >= 0.3 is 0 Å². The first-order chi connectivity index (χ1) is 18.5. The molecule has 0 unspecified atom stereocenters. The van der Waals surface area contributed by atoms with Gasteiger partial charge in [0, 0.05) is 66.7 Å². The Labute approximate surface area is 267 Å². The second kappa shape index (κ2) is 18.7. The number of carbonyl (C=O) groups excluding carboxylic acids is 2.